The molecule has 1 heterocycles. The highest BCUT2D eigenvalue weighted by Gasteiger charge is 2.30. The number of nitrogens with one attached hydrogen (secondary N) is 1. The molecule has 9 heteroatoms. The number of anilines is 2. The minimum Gasteiger partial charge on any atom is -0.322 e. The van der Waals surface area contributed by atoms with Crippen molar-refractivity contribution in [3.63, 3.8) is 0 Å². The van der Waals surface area contributed by atoms with E-state index in [-0.39, 0.29) is 11.3 Å². The molecule has 5 nitrogen and oxygen atoms in total. The fourth-order valence-corrected chi connectivity index (χ4v) is 4.43. The summed E-state index contributed by atoms with van der Waals surface area (Å²) in [6.45, 7) is 2.13. The lowest BCUT2D eigenvalue weighted by atomic mass is 10.1. The third-order valence-corrected chi connectivity index (χ3v) is 6.19. The summed E-state index contributed by atoms with van der Waals surface area (Å²) in [5.41, 5.74) is 0.896. The predicted molar refractivity (Wildman–Crippen MR) is 96.3 cm³/mol. The number of sulfonamides is 1. The molecule has 0 bridgehead atoms. The van der Waals surface area contributed by atoms with Gasteiger partial charge in [-0.2, -0.15) is 13.2 Å². The van der Waals surface area contributed by atoms with Gasteiger partial charge in [-0.05, 0) is 61.4 Å². The molecule has 1 fully saturated rings. The van der Waals surface area contributed by atoms with Crippen molar-refractivity contribution in [2.24, 2.45) is 0 Å². The highest BCUT2D eigenvalue weighted by atomic mass is 32.2. The first kappa shape index (κ1) is 19.2. The van der Waals surface area contributed by atoms with Gasteiger partial charge in [-0.25, -0.2) is 8.42 Å². The SMILES string of the molecule is Cc1cc(N2CCCS2(=O)=O)ccc1NC(=O)c1ccc(C(F)(F)F)cc1. The molecule has 1 aliphatic heterocycles. The Balaban J connectivity index is 1.77. The van der Waals surface area contributed by atoms with Gasteiger partial charge < -0.3 is 5.32 Å². The van der Waals surface area contributed by atoms with Crippen molar-refractivity contribution >= 4 is 27.3 Å². The number of alkyl halides is 3. The fourth-order valence-electron chi connectivity index (χ4n) is 2.88. The lowest BCUT2D eigenvalue weighted by Crippen LogP contribution is -2.25. The maximum absolute atomic E-state index is 12.6. The normalized spacial score (nSPS) is 16.4. The van der Waals surface area contributed by atoms with E-state index in [0.29, 0.717) is 29.9 Å². The number of hydrogen-bond acceptors (Lipinski definition) is 3. The third kappa shape index (κ3) is 4.08. The second-order valence-electron chi connectivity index (χ2n) is 6.27. The quantitative estimate of drug-likeness (QED) is 0.855. The van der Waals surface area contributed by atoms with Crippen molar-refractivity contribution in [1.82, 2.24) is 0 Å². The van der Waals surface area contributed by atoms with Gasteiger partial charge in [0.15, 0.2) is 0 Å². The van der Waals surface area contributed by atoms with Crippen LogP contribution in [0.25, 0.3) is 0 Å². The summed E-state index contributed by atoms with van der Waals surface area (Å²) in [5.74, 6) is -0.438. The first-order valence-electron chi connectivity index (χ1n) is 8.17. The number of carbonyl (C=O) groups is 1. The van der Waals surface area contributed by atoms with Crippen molar-refractivity contribution in [3.05, 3.63) is 59.2 Å². The van der Waals surface area contributed by atoms with Gasteiger partial charge in [0.2, 0.25) is 10.0 Å². The molecule has 3 rings (SSSR count). The Morgan fingerprint density at radius 2 is 1.78 bits per heavy atom. The summed E-state index contributed by atoms with van der Waals surface area (Å²) < 4.78 is 63.1. The Morgan fingerprint density at radius 3 is 2.30 bits per heavy atom. The first-order chi connectivity index (χ1) is 12.6. The van der Waals surface area contributed by atoms with E-state index >= 15 is 0 Å². The van der Waals surface area contributed by atoms with E-state index in [1.165, 1.54) is 4.31 Å². The predicted octanol–water partition coefficient (Wildman–Crippen LogP) is 3.81. The minimum atomic E-state index is -4.46. The fraction of sp³-hybridized carbons (Fsp3) is 0.278. The van der Waals surface area contributed by atoms with Crippen LogP contribution in [0.1, 0.15) is 27.9 Å². The Hall–Kier alpha value is -2.55. The van der Waals surface area contributed by atoms with Crippen LogP contribution in [-0.2, 0) is 16.2 Å². The molecule has 0 spiro atoms. The highest BCUT2D eigenvalue weighted by molar-refractivity contribution is 7.93. The average Bonchev–Trinajstić information content (AvgIpc) is 2.95. The van der Waals surface area contributed by atoms with Gasteiger partial charge in [0.05, 0.1) is 17.0 Å². The molecule has 0 unspecified atom stereocenters. The number of aryl methyl sites for hydroxylation is 1. The number of benzene rings is 2. The maximum atomic E-state index is 12.6. The van der Waals surface area contributed by atoms with Crippen LogP contribution in [0.15, 0.2) is 42.5 Å². The molecule has 2 aromatic carbocycles. The summed E-state index contributed by atoms with van der Waals surface area (Å²) in [6, 6.07) is 8.76. The topological polar surface area (TPSA) is 66.5 Å². The highest BCUT2D eigenvalue weighted by Crippen LogP contribution is 2.30. The number of amides is 1. The van der Waals surface area contributed by atoms with Gasteiger partial charge in [-0.15, -0.1) is 0 Å². The molecule has 1 aliphatic rings. The summed E-state index contributed by atoms with van der Waals surface area (Å²) >= 11 is 0. The number of rotatable bonds is 3. The van der Waals surface area contributed by atoms with E-state index in [0.717, 1.165) is 24.3 Å². The third-order valence-electron chi connectivity index (χ3n) is 4.32. The molecule has 0 aromatic heterocycles. The molecular formula is C18H17F3N2O3S. The Kier molecular flexibility index (Phi) is 4.90. The van der Waals surface area contributed by atoms with Crippen LogP contribution in [0, 0.1) is 6.92 Å². The largest absolute Gasteiger partial charge is 0.416 e. The molecule has 1 amide bonds. The smallest absolute Gasteiger partial charge is 0.322 e. The van der Waals surface area contributed by atoms with Crippen LogP contribution in [0.2, 0.25) is 0 Å². The van der Waals surface area contributed by atoms with Gasteiger partial charge in [0, 0.05) is 17.8 Å². The van der Waals surface area contributed by atoms with Crippen LogP contribution in [0.4, 0.5) is 24.5 Å². The van der Waals surface area contributed by atoms with Gasteiger partial charge in [-0.1, -0.05) is 0 Å². The number of nitrogens with zero attached hydrogens (tertiary/aromatic N) is 1. The molecule has 27 heavy (non-hydrogen) atoms. The zero-order valence-corrected chi connectivity index (χ0v) is 15.2. The van der Waals surface area contributed by atoms with Gasteiger partial charge >= 0.3 is 6.18 Å². The molecule has 0 radical (unpaired) electrons. The second-order valence-corrected chi connectivity index (χ2v) is 8.28. The van der Waals surface area contributed by atoms with E-state index in [1.807, 2.05) is 0 Å². The van der Waals surface area contributed by atoms with Crippen LogP contribution in [0.3, 0.4) is 0 Å². The molecule has 0 saturated carbocycles. The van der Waals surface area contributed by atoms with Crippen molar-refractivity contribution < 1.29 is 26.4 Å². The number of halogens is 3. The monoisotopic (exact) mass is 398 g/mol. The first-order valence-corrected chi connectivity index (χ1v) is 9.78. The van der Waals surface area contributed by atoms with Crippen molar-refractivity contribution in [3.8, 4) is 0 Å². The lowest BCUT2D eigenvalue weighted by Gasteiger charge is -2.18. The van der Waals surface area contributed by atoms with Gasteiger partial charge in [0.25, 0.3) is 5.91 Å². The lowest BCUT2D eigenvalue weighted by molar-refractivity contribution is -0.137. The zero-order valence-electron chi connectivity index (χ0n) is 14.4. The van der Waals surface area contributed by atoms with Crippen molar-refractivity contribution in [2.45, 2.75) is 19.5 Å². The zero-order chi connectivity index (χ0) is 19.8. The maximum Gasteiger partial charge on any atom is 0.416 e. The summed E-state index contributed by atoms with van der Waals surface area (Å²) in [4.78, 5) is 12.3. The van der Waals surface area contributed by atoms with E-state index < -0.39 is 27.7 Å². The molecule has 1 saturated heterocycles. The van der Waals surface area contributed by atoms with E-state index in [1.54, 1.807) is 25.1 Å². The Bertz CT molecular complexity index is 970. The summed E-state index contributed by atoms with van der Waals surface area (Å²) in [7, 11) is -3.30. The van der Waals surface area contributed by atoms with Crippen LogP contribution >= 0.6 is 0 Å². The van der Waals surface area contributed by atoms with Crippen molar-refractivity contribution in [2.75, 3.05) is 21.9 Å². The van der Waals surface area contributed by atoms with Gasteiger partial charge in [-0.3, -0.25) is 9.10 Å². The summed E-state index contributed by atoms with van der Waals surface area (Å²) in [5, 5.41) is 2.64. The molecule has 144 valence electrons. The van der Waals surface area contributed by atoms with E-state index in [9.17, 15) is 26.4 Å². The van der Waals surface area contributed by atoms with Crippen LogP contribution in [-0.4, -0.2) is 26.6 Å². The second kappa shape index (κ2) is 6.88. The number of hydrogen-bond donors (Lipinski definition) is 1. The van der Waals surface area contributed by atoms with Crippen LogP contribution < -0.4 is 9.62 Å². The Morgan fingerprint density at radius 1 is 1.11 bits per heavy atom. The summed E-state index contributed by atoms with van der Waals surface area (Å²) in [6.07, 6.45) is -3.90. The molecule has 0 aliphatic carbocycles. The van der Waals surface area contributed by atoms with E-state index in [2.05, 4.69) is 5.32 Å². The molecule has 2 aromatic rings. The van der Waals surface area contributed by atoms with Gasteiger partial charge in [0.1, 0.15) is 0 Å². The average molecular weight is 398 g/mol. The van der Waals surface area contributed by atoms with Crippen molar-refractivity contribution in [1.29, 1.82) is 0 Å². The van der Waals surface area contributed by atoms with Crippen LogP contribution in [0.5, 0.6) is 0 Å². The molecular weight excluding hydrogens is 381 g/mol. The minimum absolute atomic E-state index is 0.0913. The Labute approximate surface area is 154 Å². The standard InChI is InChI=1S/C18H17F3N2O3S/c1-12-11-15(23-9-2-10-27(23,25)26)7-8-16(12)22-17(24)13-3-5-14(6-4-13)18(19,20)21/h3-8,11H,2,9-10H2,1H3,(H,22,24). The molecule has 1 N–H and O–H groups in total. The number of carbonyl (C=O) groups excluding carboxylic acids is 1. The molecule has 0 atom stereocenters. The van der Waals surface area contributed by atoms with E-state index in [4.69, 9.17) is 0 Å².